The van der Waals surface area contributed by atoms with E-state index in [0.29, 0.717) is 43.3 Å². The molecule has 1 fully saturated rings. The third-order valence-electron chi connectivity index (χ3n) is 5.41. The monoisotopic (exact) mass is 412 g/mol. The zero-order valence-electron chi connectivity index (χ0n) is 17.6. The number of nitrogens with zero attached hydrogens (tertiary/aromatic N) is 1. The molecule has 2 atom stereocenters. The minimum absolute atomic E-state index is 0.0831. The van der Waals surface area contributed by atoms with Gasteiger partial charge < -0.3 is 24.4 Å². The average molecular weight is 412 g/mol. The molecule has 0 aliphatic carbocycles. The fraction of sp³-hybridized carbons (Fsp3) is 0.391. The number of carbonyl (C=O) groups is 2. The first-order valence-electron chi connectivity index (χ1n) is 9.92. The maximum absolute atomic E-state index is 13.0. The van der Waals surface area contributed by atoms with Gasteiger partial charge in [-0.3, -0.25) is 9.59 Å². The highest BCUT2D eigenvalue weighted by Crippen LogP contribution is 2.39. The Labute approximate surface area is 176 Å². The summed E-state index contributed by atoms with van der Waals surface area (Å²) in [4.78, 5) is 27.7. The second-order valence-corrected chi connectivity index (χ2v) is 7.18. The molecule has 1 saturated heterocycles. The molecule has 3 rings (SSSR count). The van der Waals surface area contributed by atoms with Crippen molar-refractivity contribution < 1.29 is 23.8 Å². The quantitative estimate of drug-likeness (QED) is 0.674. The van der Waals surface area contributed by atoms with Crippen molar-refractivity contribution in [2.24, 2.45) is 5.92 Å². The first-order valence-corrected chi connectivity index (χ1v) is 9.92. The number of amides is 2. The highest BCUT2D eigenvalue weighted by atomic mass is 16.5. The van der Waals surface area contributed by atoms with Crippen LogP contribution < -0.4 is 14.8 Å². The van der Waals surface area contributed by atoms with Crippen LogP contribution in [0.15, 0.2) is 48.5 Å². The standard InChI is InChI=1S/C23H28N2O5/c1-28-12-11-24-22(26)20-15-25(23(27)16-7-5-4-6-8-16)14-19(20)18-10-9-17(29-2)13-21(18)30-3/h4-10,13,19-20H,11-12,14-15H2,1-3H3,(H,24,26). The topological polar surface area (TPSA) is 77.1 Å². The van der Waals surface area contributed by atoms with E-state index in [1.54, 1.807) is 44.4 Å². The van der Waals surface area contributed by atoms with E-state index in [2.05, 4.69) is 5.32 Å². The van der Waals surface area contributed by atoms with Gasteiger partial charge in [0.1, 0.15) is 11.5 Å². The van der Waals surface area contributed by atoms with E-state index in [9.17, 15) is 9.59 Å². The SMILES string of the molecule is COCCNC(=O)C1CN(C(=O)c2ccccc2)CC1c1ccc(OC)cc1OC. The number of likely N-dealkylation sites (tertiary alicyclic amines) is 1. The van der Waals surface area contributed by atoms with Crippen molar-refractivity contribution in [3.05, 3.63) is 59.7 Å². The second-order valence-electron chi connectivity index (χ2n) is 7.18. The first kappa shape index (κ1) is 21.6. The van der Waals surface area contributed by atoms with Crippen LogP contribution in [-0.4, -0.2) is 64.3 Å². The Morgan fingerprint density at radius 1 is 1.03 bits per heavy atom. The maximum atomic E-state index is 13.0. The molecule has 7 nitrogen and oxygen atoms in total. The average Bonchev–Trinajstić information content (AvgIpc) is 3.24. The van der Waals surface area contributed by atoms with Gasteiger partial charge in [-0.15, -0.1) is 0 Å². The molecular weight excluding hydrogens is 384 g/mol. The molecule has 1 aliphatic heterocycles. The van der Waals surface area contributed by atoms with Gasteiger partial charge in [0.25, 0.3) is 5.91 Å². The van der Waals surface area contributed by atoms with Gasteiger partial charge in [-0.05, 0) is 18.2 Å². The number of carbonyl (C=O) groups excluding carboxylic acids is 2. The summed E-state index contributed by atoms with van der Waals surface area (Å²) in [5.74, 6) is 0.548. The summed E-state index contributed by atoms with van der Waals surface area (Å²) < 4.78 is 15.9. The zero-order valence-corrected chi connectivity index (χ0v) is 17.6. The van der Waals surface area contributed by atoms with Crippen LogP contribution in [0.2, 0.25) is 0 Å². The molecule has 0 aromatic heterocycles. The Balaban J connectivity index is 1.89. The molecule has 1 heterocycles. The summed E-state index contributed by atoms with van der Waals surface area (Å²) in [5.41, 5.74) is 1.49. The van der Waals surface area contributed by atoms with Crippen LogP contribution in [0.25, 0.3) is 0 Å². The normalized spacial score (nSPS) is 18.2. The minimum Gasteiger partial charge on any atom is -0.497 e. The number of hydrogen-bond donors (Lipinski definition) is 1. The van der Waals surface area contributed by atoms with E-state index in [4.69, 9.17) is 14.2 Å². The van der Waals surface area contributed by atoms with Gasteiger partial charge in [0.15, 0.2) is 0 Å². The molecule has 0 saturated carbocycles. The lowest BCUT2D eigenvalue weighted by Crippen LogP contribution is -2.37. The molecule has 1 aliphatic rings. The number of benzene rings is 2. The van der Waals surface area contributed by atoms with Crippen molar-refractivity contribution in [3.63, 3.8) is 0 Å². The van der Waals surface area contributed by atoms with Crippen molar-refractivity contribution in [1.29, 1.82) is 0 Å². The fourth-order valence-electron chi connectivity index (χ4n) is 3.85. The van der Waals surface area contributed by atoms with Crippen LogP contribution in [0.1, 0.15) is 21.8 Å². The van der Waals surface area contributed by atoms with Crippen LogP contribution in [0.3, 0.4) is 0 Å². The molecule has 2 aromatic rings. The minimum atomic E-state index is -0.392. The number of ether oxygens (including phenoxy) is 3. The zero-order chi connectivity index (χ0) is 21.5. The van der Waals surface area contributed by atoms with Gasteiger partial charge in [0, 0.05) is 49.9 Å². The highest BCUT2D eigenvalue weighted by molar-refractivity contribution is 5.95. The Kier molecular flexibility index (Phi) is 7.30. The van der Waals surface area contributed by atoms with E-state index in [-0.39, 0.29) is 17.7 Å². The third kappa shape index (κ3) is 4.74. The van der Waals surface area contributed by atoms with Crippen LogP contribution in [0.5, 0.6) is 11.5 Å². The van der Waals surface area contributed by atoms with Crippen molar-refractivity contribution in [2.75, 3.05) is 47.6 Å². The van der Waals surface area contributed by atoms with E-state index >= 15 is 0 Å². The molecular formula is C23H28N2O5. The van der Waals surface area contributed by atoms with Crippen molar-refractivity contribution in [2.45, 2.75) is 5.92 Å². The van der Waals surface area contributed by atoms with Crippen molar-refractivity contribution in [3.8, 4) is 11.5 Å². The van der Waals surface area contributed by atoms with Crippen molar-refractivity contribution >= 4 is 11.8 Å². The predicted molar refractivity (Wildman–Crippen MR) is 113 cm³/mol. The summed E-state index contributed by atoms with van der Waals surface area (Å²) in [5, 5.41) is 2.92. The summed E-state index contributed by atoms with van der Waals surface area (Å²) in [6.07, 6.45) is 0. The van der Waals surface area contributed by atoms with Crippen molar-refractivity contribution in [1.82, 2.24) is 10.2 Å². The molecule has 1 N–H and O–H groups in total. The Morgan fingerprint density at radius 2 is 1.80 bits per heavy atom. The Bertz CT molecular complexity index is 871. The summed E-state index contributed by atoms with van der Waals surface area (Å²) >= 11 is 0. The number of methoxy groups -OCH3 is 3. The van der Waals surface area contributed by atoms with Crippen LogP contribution >= 0.6 is 0 Å². The lowest BCUT2D eigenvalue weighted by Gasteiger charge is -2.21. The third-order valence-corrected chi connectivity index (χ3v) is 5.41. The second kappa shape index (κ2) is 10.1. The molecule has 2 aromatic carbocycles. The van der Waals surface area contributed by atoms with E-state index in [0.717, 1.165) is 5.56 Å². The molecule has 160 valence electrons. The van der Waals surface area contributed by atoms with E-state index in [1.807, 2.05) is 30.3 Å². The summed E-state index contributed by atoms with van der Waals surface area (Å²) in [7, 11) is 4.77. The van der Waals surface area contributed by atoms with Gasteiger partial charge in [-0.1, -0.05) is 24.3 Å². The summed E-state index contributed by atoms with van der Waals surface area (Å²) in [6, 6.07) is 14.7. The molecule has 0 radical (unpaired) electrons. The van der Waals surface area contributed by atoms with Crippen LogP contribution in [0.4, 0.5) is 0 Å². The van der Waals surface area contributed by atoms with Gasteiger partial charge in [-0.2, -0.15) is 0 Å². The highest BCUT2D eigenvalue weighted by Gasteiger charge is 2.41. The Hall–Kier alpha value is -3.06. The molecule has 7 heteroatoms. The van der Waals surface area contributed by atoms with Crippen LogP contribution in [-0.2, 0) is 9.53 Å². The summed E-state index contributed by atoms with van der Waals surface area (Å²) in [6.45, 7) is 1.62. The maximum Gasteiger partial charge on any atom is 0.253 e. The first-order chi connectivity index (χ1) is 14.6. The van der Waals surface area contributed by atoms with Gasteiger partial charge in [0.05, 0.1) is 26.7 Å². The number of hydrogen-bond acceptors (Lipinski definition) is 5. The molecule has 2 unspecified atom stereocenters. The smallest absolute Gasteiger partial charge is 0.253 e. The molecule has 0 spiro atoms. The van der Waals surface area contributed by atoms with Crippen LogP contribution in [0, 0.1) is 5.92 Å². The number of rotatable bonds is 8. The largest absolute Gasteiger partial charge is 0.497 e. The lowest BCUT2D eigenvalue weighted by molar-refractivity contribution is -0.125. The Morgan fingerprint density at radius 3 is 2.47 bits per heavy atom. The predicted octanol–water partition coefficient (Wildman–Crippen LogP) is 2.32. The number of nitrogens with one attached hydrogen (secondary N) is 1. The van der Waals surface area contributed by atoms with Gasteiger partial charge >= 0.3 is 0 Å². The molecule has 2 amide bonds. The fourth-order valence-corrected chi connectivity index (χ4v) is 3.85. The van der Waals surface area contributed by atoms with Gasteiger partial charge in [-0.25, -0.2) is 0 Å². The van der Waals surface area contributed by atoms with E-state index in [1.165, 1.54) is 0 Å². The molecule has 0 bridgehead atoms. The molecule has 30 heavy (non-hydrogen) atoms. The van der Waals surface area contributed by atoms with E-state index < -0.39 is 5.92 Å². The van der Waals surface area contributed by atoms with Gasteiger partial charge in [0.2, 0.25) is 5.91 Å². The lowest BCUT2D eigenvalue weighted by atomic mass is 9.87.